The third-order valence-electron chi connectivity index (χ3n) is 4.61. The second-order valence-electron chi connectivity index (χ2n) is 7.11. The molecule has 7 nitrogen and oxygen atoms in total. The van der Waals surface area contributed by atoms with Crippen molar-refractivity contribution < 1.29 is 14.0 Å². The first-order valence-corrected chi connectivity index (χ1v) is 11.7. The fourth-order valence-corrected chi connectivity index (χ4v) is 4.20. The SMILES string of the molecule is CCn1c(SCC(=O)Nc2ccc(Br)cc2F)nnc1[C@H](C)NC(=O)c1cccc(C)c1. The normalized spacial score (nSPS) is 11.8. The Hall–Kier alpha value is -2.72. The van der Waals surface area contributed by atoms with Crippen LogP contribution in [-0.4, -0.2) is 32.3 Å². The maximum atomic E-state index is 13.9. The van der Waals surface area contributed by atoms with Gasteiger partial charge in [-0.1, -0.05) is 45.4 Å². The highest BCUT2D eigenvalue weighted by atomic mass is 79.9. The molecule has 0 fully saturated rings. The van der Waals surface area contributed by atoms with Crippen molar-refractivity contribution >= 4 is 45.2 Å². The van der Waals surface area contributed by atoms with Crippen molar-refractivity contribution in [2.75, 3.05) is 11.1 Å². The van der Waals surface area contributed by atoms with Crippen molar-refractivity contribution in [1.29, 1.82) is 0 Å². The number of benzene rings is 2. The van der Waals surface area contributed by atoms with E-state index < -0.39 is 5.82 Å². The second kappa shape index (κ2) is 10.7. The van der Waals surface area contributed by atoms with Crippen molar-refractivity contribution in [1.82, 2.24) is 20.1 Å². The molecule has 3 rings (SSSR count). The number of hydrogen-bond donors (Lipinski definition) is 2. The number of anilines is 1. The molecule has 0 spiro atoms. The Morgan fingerprint density at radius 1 is 1.22 bits per heavy atom. The summed E-state index contributed by atoms with van der Waals surface area (Å²) < 4.78 is 16.4. The van der Waals surface area contributed by atoms with Gasteiger partial charge in [0.05, 0.1) is 17.5 Å². The van der Waals surface area contributed by atoms with E-state index in [-0.39, 0.29) is 29.3 Å². The lowest BCUT2D eigenvalue weighted by molar-refractivity contribution is -0.113. The summed E-state index contributed by atoms with van der Waals surface area (Å²) in [5.41, 5.74) is 1.69. The van der Waals surface area contributed by atoms with Gasteiger partial charge >= 0.3 is 0 Å². The first-order valence-electron chi connectivity index (χ1n) is 9.96. The van der Waals surface area contributed by atoms with Crippen molar-refractivity contribution in [3.8, 4) is 0 Å². The molecule has 1 heterocycles. The van der Waals surface area contributed by atoms with Crippen LogP contribution in [0.5, 0.6) is 0 Å². The van der Waals surface area contributed by atoms with E-state index in [4.69, 9.17) is 0 Å². The Morgan fingerprint density at radius 2 is 2.00 bits per heavy atom. The highest BCUT2D eigenvalue weighted by Gasteiger charge is 2.20. The van der Waals surface area contributed by atoms with Crippen LogP contribution in [0.15, 0.2) is 52.1 Å². The minimum atomic E-state index is -0.519. The zero-order valence-electron chi connectivity index (χ0n) is 17.9. The van der Waals surface area contributed by atoms with Gasteiger partial charge in [-0.25, -0.2) is 4.39 Å². The maximum Gasteiger partial charge on any atom is 0.251 e. The standard InChI is InChI=1S/C22H23BrFN5O2S/c1-4-29-20(14(3)25-21(31)15-7-5-6-13(2)10-15)27-28-22(29)32-12-19(30)26-18-9-8-16(23)11-17(18)24/h5-11,14H,4,12H2,1-3H3,(H,25,31)(H,26,30)/t14-/m0/s1. The van der Waals surface area contributed by atoms with Gasteiger partial charge in [-0.15, -0.1) is 10.2 Å². The third kappa shape index (κ3) is 5.95. The molecule has 0 radical (unpaired) electrons. The number of aryl methyl sites for hydroxylation is 1. The Kier molecular flexibility index (Phi) is 8.03. The fraction of sp³-hybridized carbons (Fsp3) is 0.273. The molecule has 3 aromatic rings. The molecule has 32 heavy (non-hydrogen) atoms. The predicted molar refractivity (Wildman–Crippen MR) is 126 cm³/mol. The van der Waals surface area contributed by atoms with Gasteiger partial charge in [-0.05, 0) is 51.1 Å². The molecule has 1 atom stereocenters. The van der Waals surface area contributed by atoms with Crippen LogP contribution in [0.3, 0.4) is 0 Å². The smallest absolute Gasteiger partial charge is 0.251 e. The molecule has 2 aromatic carbocycles. The van der Waals surface area contributed by atoms with E-state index in [0.717, 1.165) is 5.56 Å². The molecule has 0 saturated heterocycles. The maximum absolute atomic E-state index is 13.9. The summed E-state index contributed by atoms with van der Waals surface area (Å²) in [6, 6.07) is 11.4. The van der Waals surface area contributed by atoms with Gasteiger partial charge in [0.25, 0.3) is 5.91 Å². The number of nitrogens with zero attached hydrogens (tertiary/aromatic N) is 3. The van der Waals surface area contributed by atoms with E-state index in [0.29, 0.717) is 27.6 Å². The molecule has 2 amide bonds. The molecular weight excluding hydrogens is 497 g/mol. The Morgan fingerprint density at radius 3 is 2.69 bits per heavy atom. The number of carbonyl (C=O) groups is 2. The number of thioether (sulfide) groups is 1. The van der Waals surface area contributed by atoms with Gasteiger partial charge in [0.1, 0.15) is 5.82 Å². The Bertz CT molecular complexity index is 1140. The average Bonchev–Trinajstić information content (AvgIpc) is 3.17. The van der Waals surface area contributed by atoms with E-state index >= 15 is 0 Å². The summed E-state index contributed by atoms with van der Waals surface area (Å²) in [6.45, 7) is 6.27. The highest BCUT2D eigenvalue weighted by molar-refractivity contribution is 9.10. The molecule has 0 unspecified atom stereocenters. The first-order chi connectivity index (χ1) is 15.3. The van der Waals surface area contributed by atoms with Crippen LogP contribution in [-0.2, 0) is 11.3 Å². The first kappa shape index (κ1) is 23.9. The van der Waals surface area contributed by atoms with Gasteiger partial charge in [0.2, 0.25) is 5.91 Å². The third-order valence-corrected chi connectivity index (χ3v) is 6.07. The molecule has 0 bridgehead atoms. The van der Waals surface area contributed by atoms with Crippen molar-refractivity contribution in [3.63, 3.8) is 0 Å². The zero-order chi connectivity index (χ0) is 23.3. The molecular formula is C22H23BrFN5O2S. The number of halogens is 2. The van der Waals surface area contributed by atoms with Crippen LogP contribution in [0.2, 0.25) is 0 Å². The minimum Gasteiger partial charge on any atom is -0.342 e. The van der Waals surface area contributed by atoms with Crippen molar-refractivity contribution in [3.05, 3.63) is 69.7 Å². The summed E-state index contributed by atoms with van der Waals surface area (Å²) in [5, 5.41) is 14.4. The lowest BCUT2D eigenvalue weighted by Crippen LogP contribution is -2.28. The van der Waals surface area contributed by atoms with Crippen LogP contribution >= 0.6 is 27.7 Å². The van der Waals surface area contributed by atoms with Gasteiger partial charge in [0, 0.05) is 16.6 Å². The number of nitrogens with one attached hydrogen (secondary N) is 2. The van der Waals surface area contributed by atoms with Gasteiger partial charge in [-0.2, -0.15) is 0 Å². The molecule has 0 aliphatic heterocycles. The van der Waals surface area contributed by atoms with E-state index in [1.807, 2.05) is 43.5 Å². The summed E-state index contributed by atoms with van der Waals surface area (Å²) in [6.07, 6.45) is 0. The molecule has 2 N–H and O–H groups in total. The number of rotatable bonds is 8. The predicted octanol–water partition coefficient (Wildman–Crippen LogP) is 4.73. The lowest BCUT2D eigenvalue weighted by Gasteiger charge is -2.15. The fourth-order valence-electron chi connectivity index (χ4n) is 3.06. The second-order valence-corrected chi connectivity index (χ2v) is 8.97. The van der Waals surface area contributed by atoms with Gasteiger partial charge in [0.15, 0.2) is 11.0 Å². The van der Waals surface area contributed by atoms with Gasteiger partial charge in [-0.3, -0.25) is 9.59 Å². The van der Waals surface area contributed by atoms with Crippen LogP contribution in [0, 0.1) is 12.7 Å². The van der Waals surface area contributed by atoms with E-state index in [2.05, 4.69) is 36.8 Å². The average molecular weight is 520 g/mol. The van der Waals surface area contributed by atoms with Gasteiger partial charge < -0.3 is 15.2 Å². The monoisotopic (exact) mass is 519 g/mol. The molecule has 168 valence electrons. The minimum absolute atomic E-state index is 0.0394. The number of hydrogen-bond acceptors (Lipinski definition) is 5. The lowest BCUT2D eigenvalue weighted by atomic mass is 10.1. The topological polar surface area (TPSA) is 88.9 Å². The zero-order valence-corrected chi connectivity index (χ0v) is 20.3. The van der Waals surface area contributed by atoms with Crippen molar-refractivity contribution in [2.45, 2.75) is 38.5 Å². The molecule has 10 heteroatoms. The Balaban J connectivity index is 1.63. The molecule has 1 aromatic heterocycles. The largest absolute Gasteiger partial charge is 0.342 e. The summed E-state index contributed by atoms with van der Waals surface area (Å²) >= 11 is 4.38. The summed E-state index contributed by atoms with van der Waals surface area (Å²) in [7, 11) is 0. The van der Waals surface area contributed by atoms with E-state index in [1.165, 1.54) is 23.9 Å². The van der Waals surface area contributed by atoms with Crippen LogP contribution in [0.4, 0.5) is 10.1 Å². The van der Waals surface area contributed by atoms with Crippen LogP contribution < -0.4 is 10.6 Å². The highest BCUT2D eigenvalue weighted by Crippen LogP contribution is 2.23. The van der Waals surface area contributed by atoms with E-state index in [1.54, 1.807) is 12.1 Å². The molecule has 0 saturated carbocycles. The number of amides is 2. The molecule has 0 aliphatic carbocycles. The van der Waals surface area contributed by atoms with E-state index in [9.17, 15) is 14.0 Å². The number of carbonyl (C=O) groups excluding carboxylic acids is 2. The quantitative estimate of drug-likeness (QED) is 0.420. The summed E-state index contributed by atoms with van der Waals surface area (Å²) in [5.74, 6) is -0.441. The molecule has 0 aliphatic rings. The van der Waals surface area contributed by atoms with Crippen LogP contribution in [0.25, 0.3) is 0 Å². The number of aromatic nitrogens is 3. The Labute approximate surface area is 198 Å². The van der Waals surface area contributed by atoms with Crippen molar-refractivity contribution in [2.24, 2.45) is 0 Å². The summed E-state index contributed by atoms with van der Waals surface area (Å²) in [4.78, 5) is 24.8. The van der Waals surface area contributed by atoms with Crippen LogP contribution in [0.1, 0.15) is 41.6 Å².